The molecule has 6 heteroatoms. The summed E-state index contributed by atoms with van der Waals surface area (Å²) in [4.78, 5) is 0. The van der Waals surface area contributed by atoms with Gasteiger partial charge in [-0.25, -0.2) is 0 Å². The zero-order valence-corrected chi connectivity index (χ0v) is 16.6. The molecule has 0 saturated carbocycles. The fraction of sp³-hybridized carbons (Fsp3) is 0.571. The largest absolute Gasteiger partial charge is 0.296 e. The van der Waals surface area contributed by atoms with Crippen LogP contribution >= 0.6 is 36.5 Å². The molecule has 1 nitrogen and oxygen atoms in total. The summed E-state index contributed by atoms with van der Waals surface area (Å²) in [5.41, 5.74) is 2.61. The highest BCUT2D eigenvalue weighted by molar-refractivity contribution is 7.83. The normalized spacial score (nSPS) is 15.4. The maximum atomic E-state index is 6.65. The maximum Gasteiger partial charge on any atom is 0.296 e. The van der Waals surface area contributed by atoms with Crippen LogP contribution in [-0.4, -0.2) is 22.5 Å². The minimum atomic E-state index is -0.797. The van der Waals surface area contributed by atoms with Gasteiger partial charge in [-0.1, -0.05) is 41.1 Å². The number of halogens is 3. The molecule has 1 aromatic rings. The van der Waals surface area contributed by atoms with Crippen LogP contribution in [0.2, 0.25) is 0 Å². The van der Waals surface area contributed by atoms with E-state index >= 15 is 0 Å². The van der Waals surface area contributed by atoms with Gasteiger partial charge in [0.1, 0.15) is 11.2 Å². The number of rotatable bonds is 6. The highest BCUT2D eigenvalue weighted by Gasteiger charge is 2.29. The third-order valence-corrected chi connectivity index (χ3v) is 7.84. The molecule has 0 aliphatic heterocycles. The van der Waals surface area contributed by atoms with Crippen LogP contribution < -0.4 is 0 Å². The first-order chi connectivity index (χ1) is 9.20. The van der Waals surface area contributed by atoms with Crippen molar-refractivity contribution in [1.29, 1.82) is 0 Å². The Morgan fingerprint density at radius 2 is 1.65 bits per heavy atom. The van der Waals surface area contributed by atoms with Crippen molar-refractivity contribution in [2.75, 3.05) is 12.3 Å². The van der Waals surface area contributed by atoms with E-state index in [4.69, 9.17) is 33.7 Å². The zero-order valence-electron chi connectivity index (χ0n) is 12.4. The van der Waals surface area contributed by atoms with Gasteiger partial charge in [0.05, 0.1) is 7.43 Å². The van der Waals surface area contributed by atoms with Gasteiger partial charge in [-0.05, 0) is 44.5 Å². The average molecular weight is 374 g/mol. The highest BCUT2D eigenvalue weighted by Crippen LogP contribution is 2.53. The van der Waals surface area contributed by atoms with Gasteiger partial charge < -0.3 is 0 Å². The van der Waals surface area contributed by atoms with E-state index in [0.717, 1.165) is 18.9 Å². The lowest BCUT2D eigenvalue weighted by molar-refractivity contribution is -0.153. The second-order valence-corrected chi connectivity index (χ2v) is 12.8. The SMILES string of the molecule is Cc1ccc(CN(P(Cl)CCP(Cl)[ClH+])C(C)(C)C)cc1. The van der Waals surface area contributed by atoms with Crippen LogP contribution in [-0.2, 0) is 6.54 Å². The first-order valence-corrected chi connectivity index (χ1v) is 12.4. The van der Waals surface area contributed by atoms with Crippen LogP contribution in [0.3, 0.4) is 0 Å². The summed E-state index contributed by atoms with van der Waals surface area (Å²) in [7, 11) is -0.725. The Kier molecular flexibility index (Phi) is 8.07. The molecule has 20 heavy (non-hydrogen) atoms. The number of hydrogen-bond donors (Lipinski definition) is 0. The predicted octanol–water partition coefficient (Wildman–Crippen LogP) is 5.98. The van der Waals surface area contributed by atoms with Gasteiger partial charge >= 0.3 is 0 Å². The number of hydrogen-bond acceptors (Lipinski definition) is 1. The van der Waals surface area contributed by atoms with E-state index in [1.54, 1.807) is 0 Å². The lowest BCUT2D eigenvalue weighted by Crippen LogP contribution is -2.36. The quantitative estimate of drug-likeness (QED) is 0.555. The molecule has 0 aromatic heterocycles. The summed E-state index contributed by atoms with van der Waals surface area (Å²) in [6.07, 6.45) is 1.75. The van der Waals surface area contributed by atoms with E-state index in [-0.39, 0.29) is 5.54 Å². The molecule has 0 saturated heterocycles. The topological polar surface area (TPSA) is 3.24 Å². The minimum absolute atomic E-state index is 0.0366. The molecule has 0 heterocycles. The Bertz CT molecular complexity index is 404. The van der Waals surface area contributed by atoms with Gasteiger partial charge in [0.25, 0.3) is 6.63 Å². The highest BCUT2D eigenvalue weighted by atomic mass is 35.9. The predicted molar refractivity (Wildman–Crippen MR) is 93.2 cm³/mol. The maximum absolute atomic E-state index is 6.65. The van der Waals surface area contributed by atoms with Crippen molar-refractivity contribution in [2.24, 2.45) is 0 Å². The standard InChI is InChI=1S/C14H23Cl3NP2/c1-12-5-7-13(8-6-12)11-18(14(2,3)4)20(17)10-9-19(15)16/h5-8,15H,9-11H2,1-4H3/q+1. The van der Waals surface area contributed by atoms with Gasteiger partial charge in [-0.15, -0.1) is 0 Å². The molecule has 1 rings (SSSR count). The Balaban J connectivity index is 2.76. The van der Waals surface area contributed by atoms with Crippen LogP contribution in [0.5, 0.6) is 0 Å². The number of nitrogens with zero attached hydrogens (tertiary/aromatic N) is 1. The first kappa shape index (κ1) is 19.0. The number of benzene rings is 1. The van der Waals surface area contributed by atoms with Gasteiger partial charge in [0.2, 0.25) is 0 Å². The first-order valence-electron chi connectivity index (χ1n) is 6.57. The van der Waals surface area contributed by atoms with Crippen molar-refractivity contribution >= 4 is 36.5 Å². The Morgan fingerprint density at radius 1 is 1.10 bits per heavy atom. The fourth-order valence-corrected chi connectivity index (χ4v) is 7.22. The van der Waals surface area contributed by atoms with Crippen LogP contribution in [0.25, 0.3) is 0 Å². The lowest BCUT2D eigenvalue weighted by atomic mass is 10.1. The van der Waals surface area contributed by atoms with E-state index in [1.165, 1.54) is 11.1 Å². The second-order valence-electron chi connectivity index (χ2n) is 5.82. The number of aryl methyl sites for hydroxylation is 1. The van der Waals surface area contributed by atoms with Crippen LogP contribution in [0.4, 0.5) is 0 Å². The van der Waals surface area contributed by atoms with Crippen LogP contribution in [0.15, 0.2) is 24.3 Å². The second kappa shape index (κ2) is 8.52. The van der Waals surface area contributed by atoms with Gasteiger partial charge in [0, 0.05) is 24.4 Å². The third-order valence-electron chi connectivity index (χ3n) is 2.95. The van der Waals surface area contributed by atoms with E-state index in [2.05, 4.69) is 56.6 Å². The zero-order chi connectivity index (χ0) is 15.3. The molecule has 1 aromatic carbocycles. The molecule has 0 radical (unpaired) electrons. The molecule has 2 unspecified atom stereocenters. The molecule has 0 N–H and O–H groups in total. The Hall–Kier alpha value is 0.910. The summed E-state index contributed by atoms with van der Waals surface area (Å²) < 4.78 is 2.37. The van der Waals surface area contributed by atoms with E-state index < -0.39 is 14.1 Å². The molecular weight excluding hydrogens is 350 g/mol. The summed E-state index contributed by atoms with van der Waals surface area (Å²) in [6.45, 7) is 8.79. The monoisotopic (exact) mass is 372 g/mol. The van der Waals surface area contributed by atoms with Crippen molar-refractivity contribution in [3.8, 4) is 0 Å². The van der Waals surface area contributed by atoms with E-state index in [9.17, 15) is 0 Å². The van der Waals surface area contributed by atoms with Crippen molar-refractivity contribution in [2.45, 2.75) is 39.8 Å². The van der Waals surface area contributed by atoms with Crippen molar-refractivity contribution < 1.29 is 11.2 Å². The fourth-order valence-electron chi connectivity index (χ4n) is 1.79. The van der Waals surface area contributed by atoms with Crippen molar-refractivity contribution in [3.63, 3.8) is 0 Å². The Labute approximate surface area is 139 Å². The van der Waals surface area contributed by atoms with Gasteiger partial charge in [-0.2, -0.15) is 0 Å². The van der Waals surface area contributed by atoms with Crippen molar-refractivity contribution in [1.82, 2.24) is 4.67 Å². The summed E-state index contributed by atoms with van der Waals surface area (Å²) in [5, 5.41) is 0. The molecular formula is C14H23Cl3NP2+. The Morgan fingerprint density at radius 3 is 2.10 bits per heavy atom. The average Bonchev–Trinajstić information content (AvgIpc) is 2.33. The molecule has 0 bridgehead atoms. The van der Waals surface area contributed by atoms with Crippen LogP contribution in [0, 0.1) is 18.2 Å². The van der Waals surface area contributed by atoms with Gasteiger partial charge in [0.15, 0.2) is 0 Å². The van der Waals surface area contributed by atoms with Crippen LogP contribution in [0.1, 0.15) is 31.9 Å². The lowest BCUT2D eigenvalue weighted by Gasteiger charge is -2.38. The van der Waals surface area contributed by atoms with E-state index in [1.807, 2.05) is 0 Å². The third kappa shape index (κ3) is 6.78. The smallest absolute Gasteiger partial charge is 0.260 e. The van der Waals surface area contributed by atoms with E-state index in [0.29, 0.717) is 0 Å². The van der Waals surface area contributed by atoms with Crippen molar-refractivity contribution in [3.05, 3.63) is 35.4 Å². The molecule has 0 fully saturated rings. The molecule has 2 atom stereocenters. The molecule has 0 spiro atoms. The summed E-state index contributed by atoms with van der Waals surface area (Å²) >= 11 is 17.7. The molecule has 0 aliphatic carbocycles. The van der Waals surface area contributed by atoms with Gasteiger partial charge in [-0.3, -0.25) is 4.67 Å². The minimum Gasteiger partial charge on any atom is -0.260 e. The molecule has 0 aliphatic rings. The molecule has 114 valence electrons. The molecule has 0 amide bonds. The summed E-state index contributed by atoms with van der Waals surface area (Å²) in [5.74, 6) is 0. The summed E-state index contributed by atoms with van der Waals surface area (Å²) in [6, 6.07) is 8.65.